The van der Waals surface area contributed by atoms with Crippen LogP contribution in [-0.2, 0) is 0 Å². The van der Waals surface area contributed by atoms with E-state index < -0.39 is 29.7 Å². The van der Waals surface area contributed by atoms with Crippen LogP contribution < -0.4 is 10.1 Å². The zero-order valence-electron chi connectivity index (χ0n) is 14.8. The number of nitrogens with zero attached hydrogens (tertiary/aromatic N) is 1. The lowest BCUT2D eigenvalue weighted by atomic mass is 9.80. The first-order chi connectivity index (χ1) is 12.8. The van der Waals surface area contributed by atoms with E-state index in [0.29, 0.717) is 32.1 Å². The molecule has 146 valence electrons. The van der Waals surface area contributed by atoms with Crippen LogP contribution in [-0.4, -0.2) is 34.3 Å². The summed E-state index contributed by atoms with van der Waals surface area (Å²) in [4.78, 5) is 16.7. The van der Waals surface area contributed by atoms with Crippen LogP contribution in [0.3, 0.4) is 0 Å². The van der Waals surface area contributed by atoms with Crippen molar-refractivity contribution < 1.29 is 27.8 Å². The predicted molar refractivity (Wildman–Crippen MR) is 93.3 cm³/mol. The van der Waals surface area contributed by atoms with Crippen molar-refractivity contribution in [2.24, 2.45) is 0 Å². The first kappa shape index (κ1) is 19.4. The molecule has 0 radical (unpaired) electrons. The monoisotopic (exact) mass is 382 g/mol. The molecule has 5 nitrogen and oxygen atoms in total. The molecule has 0 saturated heterocycles. The topological polar surface area (TPSA) is 71.5 Å². The van der Waals surface area contributed by atoms with E-state index in [9.17, 15) is 23.1 Å². The third-order valence-electron chi connectivity index (χ3n) is 5.14. The number of nitrogens with one attached hydrogen (secondary N) is 1. The van der Waals surface area contributed by atoms with E-state index in [1.54, 1.807) is 0 Å². The van der Waals surface area contributed by atoms with Gasteiger partial charge in [-0.1, -0.05) is 6.92 Å². The summed E-state index contributed by atoms with van der Waals surface area (Å²) in [6.45, 7) is -1.26. The number of carbonyl (C=O) groups is 1. The molecule has 0 atom stereocenters. The van der Waals surface area contributed by atoms with Crippen molar-refractivity contribution >= 4 is 16.8 Å². The van der Waals surface area contributed by atoms with Gasteiger partial charge in [0.05, 0.1) is 11.1 Å². The Kier molecular flexibility index (Phi) is 5.55. The molecule has 2 N–H and O–H groups in total. The van der Waals surface area contributed by atoms with Gasteiger partial charge in [0, 0.05) is 17.6 Å². The molecule has 1 aliphatic carbocycles. The number of aliphatic hydroxyl groups is 1. The number of ether oxygens (including phenoxy) is 1. The Labute approximate surface area is 154 Å². The summed E-state index contributed by atoms with van der Waals surface area (Å²) in [5.41, 5.74) is -0.647. The van der Waals surface area contributed by atoms with Gasteiger partial charge in [-0.25, -0.2) is 4.39 Å². The van der Waals surface area contributed by atoms with Gasteiger partial charge in [-0.15, -0.1) is 0 Å². The van der Waals surface area contributed by atoms with E-state index in [4.69, 9.17) is 0 Å². The molecule has 0 aliphatic heterocycles. The van der Waals surface area contributed by atoms with Crippen LogP contribution >= 0.6 is 0 Å². The molecule has 1 aromatic carbocycles. The first-order valence-electron chi connectivity index (χ1n) is 8.87. The standard InChI is InChI=1S/C19H21F3N2O3/c1-2-19(26)7-5-12(6-8-19)24-17(25)14-10-23-15-4-3-11(20)9-13(15)16(14)27-18(21)22/h3-4,9-10,12,18,26H,2,5-8H2,1H3,(H,24,25). The number of hydrogen-bond acceptors (Lipinski definition) is 4. The maximum atomic E-state index is 13.6. The molecule has 1 heterocycles. The van der Waals surface area contributed by atoms with Gasteiger partial charge in [-0.2, -0.15) is 8.78 Å². The second-order valence-electron chi connectivity index (χ2n) is 6.87. The van der Waals surface area contributed by atoms with Gasteiger partial charge in [-0.3, -0.25) is 9.78 Å². The second kappa shape index (κ2) is 7.72. The predicted octanol–water partition coefficient (Wildman–Crippen LogP) is 3.79. The molecule has 8 heteroatoms. The summed E-state index contributed by atoms with van der Waals surface area (Å²) in [6.07, 6.45) is 4.05. The van der Waals surface area contributed by atoms with Crippen LogP contribution in [0.2, 0.25) is 0 Å². The first-order valence-corrected chi connectivity index (χ1v) is 8.87. The maximum Gasteiger partial charge on any atom is 0.387 e. The van der Waals surface area contributed by atoms with E-state index >= 15 is 0 Å². The van der Waals surface area contributed by atoms with Crippen molar-refractivity contribution in [3.63, 3.8) is 0 Å². The van der Waals surface area contributed by atoms with E-state index in [2.05, 4.69) is 15.0 Å². The van der Waals surface area contributed by atoms with Crippen molar-refractivity contribution in [1.29, 1.82) is 0 Å². The molecule has 0 spiro atoms. The number of benzene rings is 1. The molecule has 1 aromatic heterocycles. The van der Waals surface area contributed by atoms with Crippen molar-refractivity contribution in [1.82, 2.24) is 10.3 Å². The minimum atomic E-state index is -3.17. The normalized spacial score (nSPS) is 22.8. The Morgan fingerprint density at radius 3 is 2.74 bits per heavy atom. The average Bonchev–Trinajstić information content (AvgIpc) is 2.63. The number of fused-ring (bicyclic) bond motifs is 1. The smallest absolute Gasteiger partial charge is 0.387 e. The fourth-order valence-electron chi connectivity index (χ4n) is 3.43. The Balaban J connectivity index is 1.86. The molecule has 1 amide bonds. The molecular formula is C19H21F3N2O3. The van der Waals surface area contributed by atoms with Gasteiger partial charge >= 0.3 is 6.61 Å². The minimum absolute atomic E-state index is 0.00644. The van der Waals surface area contributed by atoms with Gasteiger partial charge in [0.1, 0.15) is 17.1 Å². The van der Waals surface area contributed by atoms with Crippen LogP contribution in [0.1, 0.15) is 49.4 Å². The molecule has 2 aromatic rings. The third kappa shape index (κ3) is 4.32. The van der Waals surface area contributed by atoms with E-state index in [0.717, 1.165) is 18.3 Å². The lowest BCUT2D eigenvalue weighted by molar-refractivity contribution is -0.0492. The van der Waals surface area contributed by atoms with Crippen LogP contribution in [0.5, 0.6) is 5.75 Å². The quantitative estimate of drug-likeness (QED) is 0.825. The second-order valence-corrected chi connectivity index (χ2v) is 6.87. The Bertz CT molecular complexity index is 836. The van der Waals surface area contributed by atoms with E-state index in [-0.39, 0.29) is 22.5 Å². The molecule has 1 aliphatic rings. The van der Waals surface area contributed by atoms with Gasteiger partial charge in [-0.05, 0) is 50.3 Å². The van der Waals surface area contributed by atoms with Crippen LogP contribution in [0.25, 0.3) is 10.9 Å². The number of carbonyl (C=O) groups excluding carboxylic acids is 1. The molecular weight excluding hydrogens is 361 g/mol. The molecule has 0 unspecified atom stereocenters. The summed E-state index contributed by atoms with van der Waals surface area (Å²) in [5.74, 6) is -1.66. The zero-order valence-corrected chi connectivity index (χ0v) is 14.8. The number of rotatable bonds is 5. The Hall–Kier alpha value is -2.35. The van der Waals surface area contributed by atoms with Crippen LogP contribution in [0.15, 0.2) is 24.4 Å². The van der Waals surface area contributed by atoms with Crippen LogP contribution in [0, 0.1) is 5.82 Å². The van der Waals surface area contributed by atoms with E-state index in [1.165, 1.54) is 6.07 Å². The van der Waals surface area contributed by atoms with Crippen molar-refractivity contribution in [2.75, 3.05) is 0 Å². The summed E-state index contributed by atoms with van der Waals surface area (Å²) in [7, 11) is 0. The Morgan fingerprint density at radius 2 is 2.11 bits per heavy atom. The van der Waals surface area contributed by atoms with Crippen molar-refractivity contribution in [2.45, 2.75) is 57.3 Å². The SMILES string of the molecule is CCC1(O)CCC(NC(=O)c2cnc3ccc(F)cc3c2OC(F)F)CC1. The van der Waals surface area contributed by atoms with Gasteiger partial charge in [0.15, 0.2) is 0 Å². The summed E-state index contributed by atoms with van der Waals surface area (Å²) < 4.78 is 43.9. The van der Waals surface area contributed by atoms with Gasteiger partial charge in [0.2, 0.25) is 0 Å². The highest BCUT2D eigenvalue weighted by Gasteiger charge is 2.32. The minimum Gasteiger partial charge on any atom is -0.433 e. The largest absolute Gasteiger partial charge is 0.433 e. The van der Waals surface area contributed by atoms with E-state index in [1.807, 2.05) is 6.92 Å². The number of halogens is 3. The lowest BCUT2D eigenvalue weighted by Crippen LogP contribution is -2.43. The highest BCUT2D eigenvalue weighted by Crippen LogP contribution is 2.33. The fourth-order valence-corrected chi connectivity index (χ4v) is 3.43. The average molecular weight is 382 g/mol. The number of pyridine rings is 1. The zero-order chi connectivity index (χ0) is 19.6. The third-order valence-corrected chi connectivity index (χ3v) is 5.14. The van der Waals surface area contributed by atoms with Crippen molar-refractivity contribution in [3.05, 3.63) is 35.8 Å². The fraction of sp³-hybridized carbons (Fsp3) is 0.474. The number of amides is 1. The van der Waals surface area contributed by atoms with Gasteiger partial charge < -0.3 is 15.2 Å². The highest BCUT2D eigenvalue weighted by molar-refractivity contribution is 6.02. The highest BCUT2D eigenvalue weighted by atomic mass is 19.3. The van der Waals surface area contributed by atoms with Crippen molar-refractivity contribution in [3.8, 4) is 5.75 Å². The number of alkyl halides is 2. The summed E-state index contributed by atoms with van der Waals surface area (Å²) in [6, 6.07) is 3.31. The summed E-state index contributed by atoms with van der Waals surface area (Å²) >= 11 is 0. The molecule has 27 heavy (non-hydrogen) atoms. The molecule has 1 fully saturated rings. The van der Waals surface area contributed by atoms with Gasteiger partial charge in [0.25, 0.3) is 5.91 Å². The molecule has 1 saturated carbocycles. The van der Waals surface area contributed by atoms with Crippen LogP contribution in [0.4, 0.5) is 13.2 Å². The molecule has 0 bridgehead atoms. The number of aromatic nitrogens is 1. The summed E-state index contributed by atoms with van der Waals surface area (Å²) in [5, 5.41) is 13.1. The maximum absolute atomic E-state index is 13.6. The molecule has 3 rings (SSSR count). The Morgan fingerprint density at radius 1 is 1.41 bits per heavy atom. The number of hydrogen-bond donors (Lipinski definition) is 2. The lowest BCUT2D eigenvalue weighted by Gasteiger charge is -2.35.